The van der Waals surface area contributed by atoms with Crippen molar-refractivity contribution < 1.29 is 13.6 Å². The summed E-state index contributed by atoms with van der Waals surface area (Å²) in [5.41, 5.74) is 0.0171. The Morgan fingerprint density at radius 3 is 2.52 bits per heavy atom. The van der Waals surface area contributed by atoms with Gasteiger partial charge in [0.2, 0.25) is 5.91 Å². The Kier molecular flexibility index (Phi) is 5.27. The van der Waals surface area contributed by atoms with Crippen LogP contribution >= 0.6 is 11.6 Å². The summed E-state index contributed by atoms with van der Waals surface area (Å²) in [6, 6.07) is 8.35. The topological polar surface area (TPSA) is 76.9 Å². The maximum absolute atomic E-state index is 13.7. The van der Waals surface area contributed by atoms with Crippen LogP contribution in [0.2, 0.25) is 5.02 Å². The summed E-state index contributed by atoms with van der Waals surface area (Å²) in [6.45, 7) is 1.41. The molecule has 1 N–H and O–H groups in total. The van der Waals surface area contributed by atoms with Crippen molar-refractivity contribution in [3.05, 3.63) is 75.8 Å². The van der Waals surface area contributed by atoms with Crippen LogP contribution in [0.4, 0.5) is 14.5 Å². The minimum atomic E-state index is -1.06. The van der Waals surface area contributed by atoms with Crippen LogP contribution in [0.1, 0.15) is 13.0 Å². The first-order valence-electron chi connectivity index (χ1n) is 7.83. The van der Waals surface area contributed by atoms with E-state index in [4.69, 9.17) is 11.6 Å². The number of carbonyl (C=O) groups excluding carboxylic acids is 1. The Hall–Kier alpha value is -3.13. The van der Waals surface area contributed by atoms with E-state index in [1.54, 1.807) is 24.3 Å². The molecule has 1 amide bonds. The van der Waals surface area contributed by atoms with E-state index < -0.39 is 29.3 Å². The second-order valence-electron chi connectivity index (χ2n) is 5.67. The molecule has 3 rings (SSSR count). The van der Waals surface area contributed by atoms with Crippen molar-refractivity contribution in [1.29, 1.82) is 0 Å². The molecule has 3 aromatic rings. The first kappa shape index (κ1) is 18.7. The summed E-state index contributed by atoms with van der Waals surface area (Å²) >= 11 is 5.82. The summed E-state index contributed by atoms with van der Waals surface area (Å²) < 4.78 is 27.5. The van der Waals surface area contributed by atoms with Gasteiger partial charge in [0.05, 0.1) is 17.6 Å². The Balaban J connectivity index is 1.81. The van der Waals surface area contributed by atoms with Gasteiger partial charge in [0, 0.05) is 16.7 Å². The molecule has 1 aromatic heterocycles. The second kappa shape index (κ2) is 7.63. The van der Waals surface area contributed by atoms with Crippen LogP contribution in [0, 0.1) is 11.6 Å². The zero-order chi connectivity index (χ0) is 19.6. The lowest BCUT2D eigenvalue weighted by Crippen LogP contribution is -2.35. The van der Waals surface area contributed by atoms with Gasteiger partial charge in [-0.15, -0.1) is 0 Å². The highest BCUT2D eigenvalue weighted by molar-refractivity contribution is 6.30. The molecular weight excluding hydrogens is 378 g/mol. The number of rotatable bonds is 4. The maximum Gasteiger partial charge on any atom is 0.365 e. The number of anilines is 1. The number of nitrogens with one attached hydrogen (secondary N) is 1. The Labute approximate surface area is 157 Å². The number of hydrogen-bond acceptors (Lipinski definition) is 4. The predicted octanol–water partition coefficient (Wildman–Crippen LogP) is 3.44. The van der Waals surface area contributed by atoms with E-state index in [0.717, 1.165) is 16.8 Å². The molecule has 0 saturated heterocycles. The summed E-state index contributed by atoms with van der Waals surface area (Å²) in [7, 11) is 0. The normalized spacial score (nSPS) is 11.9. The zero-order valence-corrected chi connectivity index (χ0v) is 14.7. The van der Waals surface area contributed by atoms with Gasteiger partial charge in [-0.05, 0) is 31.2 Å². The molecule has 0 saturated carbocycles. The summed E-state index contributed by atoms with van der Waals surface area (Å²) in [6.07, 6.45) is 1.34. The van der Waals surface area contributed by atoms with Gasteiger partial charge in [0.1, 0.15) is 17.7 Å². The molecule has 0 aliphatic rings. The van der Waals surface area contributed by atoms with Crippen molar-refractivity contribution in [3.8, 4) is 11.3 Å². The van der Waals surface area contributed by atoms with Crippen molar-refractivity contribution in [1.82, 2.24) is 14.8 Å². The molecule has 1 atom stereocenters. The van der Waals surface area contributed by atoms with E-state index in [2.05, 4.69) is 15.4 Å². The Bertz CT molecular complexity index is 1050. The van der Waals surface area contributed by atoms with E-state index in [-0.39, 0.29) is 5.69 Å². The molecule has 0 spiro atoms. The summed E-state index contributed by atoms with van der Waals surface area (Å²) in [5, 5.41) is 6.80. The fourth-order valence-electron chi connectivity index (χ4n) is 2.31. The number of nitrogens with zero attached hydrogens (tertiary/aromatic N) is 3. The minimum Gasteiger partial charge on any atom is -0.322 e. The van der Waals surface area contributed by atoms with Gasteiger partial charge in [-0.3, -0.25) is 4.79 Å². The standard InChI is InChI=1S/C18H13ClF2N4O2/c1-10(17(26)23-15-7-6-13(20)8-14(15)21)25-18(27)24-16(9-22-25)11-2-4-12(19)5-3-11/h2-10H,1H3,(H,23,26)/t10-/m1/s1. The second-order valence-corrected chi connectivity index (χ2v) is 6.10. The molecule has 1 heterocycles. The molecule has 138 valence electrons. The van der Waals surface area contributed by atoms with Gasteiger partial charge in [0.25, 0.3) is 0 Å². The molecule has 0 fully saturated rings. The van der Waals surface area contributed by atoms with E-state index in [9.17, 15) is 18.4 Å². The van der Waals surface area contributed by atoms with E-state index in [1.807, 2.05) is 0 Å². The molecule has 0 radical (unpaired) electrons. The van der Waals surface area contributed by atoms with Crippen LogP contribution in [0.25, 0.3) is 11.3 Å². The van der Waals surface area contributed by atoms with Crippen LogP contribution in [-0.4, -0.2) is 20.7 Å². The predicted molar refractivity (Wildman–Crippen MR) is 96.4 cm³/mol. The third-order valence-corrected chi connectivity index (χ3v) is 4.04. The highest BCUT2D eigenvalue weighted by Gasteiger charge is 2.20. The average Bonchev–Trinajstić information content (AvgIpc) is 2.64. The van der Waals surface area contributed by atoms with Crippen molar-refractivity contribution in [2.75, 3.05) is 5.32 Å². The van der Waals surface area contributed by atoms with Crippen LogP contribution in [0.15, 0.2) is 53.5 Å². The van der Waals surface area contributed by atoms with Crippen molar-refractivity contribution >= 4 is 23.2 Å². The lowest BCUT2D eigenvalue weighted by Gasteiger charge is -2.14. The van der Waals surface area contributed by atoms with Crippen molar-refractivity contribution in [3.63, 3.8) is 0 Å². The smallest absolute Gasteiger partial charge is 0.322 e. The molecule has 27 heavy (non-hydrogen) atoms. The molecule has 0 aliphatic heterocycles. The fraction of sp³-hybridized carbons (Fsp3) is 0.111. The van der Waals surface area contributed by atoms with E-state index in [0.29, 0.717) is 22.3 Å². The van der Waals surface area contributed by atoms with Gasteiger partial charge >= 0.3 is 5.69 Å². The molecule has 9 heteroatoms. The largest absolute Gasteiger partial charge is 0.365 e. The third-order valence-electron chi connectivity index (χ3n) is 3.79. The van der Waals surface area contributed by atoms with Gasteiger partial charge in [-0.1, -0.05) is 23.7 Å². The lowest BCUT2D eigenvalue weighted by molar-refractivity contribution is -0.119. The first-order valence-corrected chi connectivity index (χ1v) is 8.20. The molecule has 0 aliphatic carbocycles. The highest BCUT2D eigenvalue weighted by atomic mass is 35.5. The lowest BCUT2D eigenvalue weighted by atomic mass is 10.2. The maximum atomic E-state index is 13.7. The Morgan fingerprint density at radius 2 is 1.89 bits per heavy atom. The van der Waals surface area contributed by atoms with E-state index in [1.165, 1.54) is 13.1 Å². The molecule has 0 unspecified atom stereocenters. The molecule has 6 nitrogen and oxygen atoms in total. The molecule has 0 bridgehead atoms. The van der Waals surface area contributed by atoms with E-state index >= 15 is 0 Å². The minimum absolute atomic E-state index is 0.202. The van der Waals surface area contributed by atoms with Crippen LogP contribution in [-0.2, 0) is 4.79 Å². The van der Waals surface area contributed by atoms with Crippen LogP contribution in [0.5, 0.6) is 0 Å². The number of aromatic nitrogens is 3. The number of amides is 1. The van der Waals surface area contributed by atoms with Gasteiger partial charge < -0.3 is 5.32 Å². The first-order chi connectivity index (χ1) is 12.8. The quantitative estimate of drug-likeness (QED) is 0.740. The van der Waals surface area contributed by atoms with Gasteiger partial charge in [0.15, 0.2) is 0 Å². The van der Waals surface area contributed by atoms with Crippen molar-refractivity contribution in [2.45, 2.75) is 13.0 Å². The fourth-order valence-corrected chi connectivity index (χ4v) is 2.44. The van der Waals surface area contributed by atoms with Crippen molar-refractivity contribution in [2.24, 2.45) is 0 Å². The molecular formula is C18H13ClF2N4O2. The number of carbonyl (C=O) groups is 1. The van der Waals surface area contributed by atoms with Crippen LogP contribution in [0.3, 0.4) is 0 Å². The molecule has 2 aromatic carbocycles. The third kappa shape index (κ3) is 4.17. The Morgan fingerprint density at radius 1 is 1.19 bits per heavy atom. The number of hydrogen-bond donors (Lipinski definition) is 1. The monoisotopic (exact) mass is 390 g/mol. The SMILES string of the molecule is C[C@H](C(=O)Nc1ccc(F)cc1F)n1ncc(-c2ccc(Cl)cc2)nc1=O. The van der Waals surface area contributed by atoms with Gasteiger partial charge in [-0.25, -0.2) is 18.3 Å². The van der Waals surface area contributed by atoms with Gasteiger partial charge in [-0.2, -0.15) is 10.1 Å². The van der Waals surface area contributed by atoms with Crippen LogP contribution < -0.4 is 11.0 Å². The summed E-state index contributed by atoms with van der Waals surface area (Å²) in [5.74, 6) is -2.39. The number of halogens is 3. The number of benzene rings is 2. The average molecular weight is 391 g/mol. The zero-order valence-electron chi connectivity index (χ0n) is 14.0. The summed E-state index contributed by atoms with van der Waals surface area (Å²) in [4.78, 5) is 28.4. The highest BCUT2D eigenvalue weighted by Crippen LogP contribution is 2.19.